The van der Waals surface area contributed by atoms with Crippen molar-refractivity contribution in [3.63, 3.8) is 0 Å². The van der Waals surface area contributed by atoms with Gasteiger partial charge in [-0.25, -0.2) is 24.0 Å². The van der Waals surface area contributed by atoms with Gasteiger partial charge in [-0.05, 0) is 99.1 Å². The molecule has 0 bridgehead atoms. The topological polar surface area (TPSA) is 579 Å². The number of nitrogens with two attached hydrogens (primary N) is 1. The summed E-state index contributed by atoms with van der Waals surface area (Å²) in [6, 6.07) is 41.4. The smallest absolute Gasteiger partial charge is 0.352 e. The van der Waals surface area contributed by atoms with Gasteiger partial charge in [-0.2, -0.15) is 24.9 Å². The first-order valence-corrected chi connectivity index (χ1v) is 37.7. The van der Waals surface area contributed by atoms with Gasteiger partial charge in [-0.1, -0.05) is 86.6 Å². The van der Waals surface area contributed by atoms with Gasteiger partial charge in [0, 0.05) is 59.2 Å². The number of aromatic nitrogens is 10. The second kappa shape index (κ2) is 39.0. The Morgan fingerprint density at radius 1 is 0.446 bits per heavy atom. The molecule has 12 heterocycles. The first kappa shape index (κ1) is 88.2. The van der Waals surface area contributed by atoms with Gasteiger partial charge in [0.05, 0.1) is 32.5 Å². The number of nitrogen functional groups attached to an aromatic ring is 1. The molecule has 14 N–H and O–H groups in total. The van der Waals surface area contributed by atoms with Crippen LogP contribution in [0, 0.1) is 5.92 Å². The van der Waals surface area contributed by atoms with Crippen LogP contribution in [0.3, 0.4) is 0 Å². The summed E-state index contributed by atoms with van der Waals surface area (Å²) in [6.45, 7) is 6.47. The zero-order chi connectivity index (χ0) is 86.6. The van der Waals surface area contributed by atoms with E-state index in [2.05, 4.69) is 46.2 Å². The first-order chi connectivity index (χ1) is 58.0. The van der Waals surface area contributed by atoms with Crippen molar-refractivity contribution in [2.24, 2.45) is 5.92 Å². The number of nitrogens with one attached hydrogen (secondary N) is 4. The van der Waals surface area contributed by atoms with E-state index in [1.807, 2.05) is 19.9 Å². The number of rotatable bonds is 16. The summed E-state index contributed by atoms with van der Waals surface area (Å²) in [5, 5.41) is 89.2. The van der Waals surface area contributed by atoms with Gasteiger partial charge >= 0.3 is 28.4 Å². The molecule has 7 fully saturated rings. The monoisotopic (exact) mass is 1680 g/mol. The fourth-order valence-corrected chi connectivity index (χ4v) is 13.7. The predicted octanol–water partition coefficient (Wildman–Crippen LogP) is -0.414. The third-order valence-corrected chi connectivity index (χ3v) is 20.4. The Kier molecular flexibility index (Phi) is 28.4. The van der Waals surface area contributed by atoms with Gasteiger partial charge < -0.3 is 110 Å². The number of ketones is 1. The first-order valence-electron chi connectivity index (χ1n) is 37.7. The highest BCUT2D eigenvalue weighted by Gasteiger charge is 2.55. The van der Waals surface area contributed by atoms with Gasteiger partial charge in [0.15, 0.2) is 31.0 Å². The van der Waals surface area contributed by atoms with E-state index in [1.165, 1.54) is 77.4 Å². The van der Waals surface area contributed by atoms with Crippen LogP contribution in [-0.2, 0) is 47.4 Å². The second-order valence-corrected chi connectivity index (χ2v) is 28.6. The predicted molar refractivity (Wildman–Crippen MR) is 419 cm³/mol. The second-order valence-electron chi connectivity index (χ2n) is 28.6. The van der Waals surface area contributed by atoms with Gasteiger partial charge in [-0.3, -0.25) is 46.8 Å². The number of carbonyl (C=O) groups is 5. The molecule has 4 aromatic carbocycles. The summed E-state index contributed by atoms with van der Waals surface area (Å²) in [6.07, 6.45) is -6.94. The Labute approximate surface area is 684 Å². The van der Waals surface area contributed by atoms with Crippen molar-refractivity contribution in [2.75, 3.05) is 67.0 Å². The number of aliphatic hydroxyl groups is 8. The molecule has 121 heavy (non-hydrogen) atoms. The summed E-state index contributed by atoms with van der Waals surface area (Å²) < 4.78 is 54.0. The van der Waals surface area contributed by atoms with E-state index >= 15 is 0 Å². The van der Waals surface area contributed by atoms with Crippen LogP contribution in [0.1, 0.15) is 107 Å². The minimum atomic E-state index is -1.80. The van der Waals surface area contributed by atoms with Crippen LogP contribution >= 0.6 is 0 Å². The number of hydrogen-bond acceptors (Lipinski definition) is 33. The van der Waals surface area contributed by atoms with Gasteiger partial charge in [-0.15, -0.1) is 0 Å². The third-order valence-electron chi connectivity index (χ3n) is 20.4. The van der Waals surface area contributed by atoms with Crippen molar-refractivity contribution >= 4 is 58.5 Å². The van der Waals surface area contributed by atoms with E-state index in [0.29, 0.717) is 22.3 Å². The number of anilines is 5. The van der Waals surface area contributed by atoms with E-state index in [9.17, 15) is 83.7 Å². The lowest BCUT2D eigenvalue weighted by atomic mass is 9.87. The molecule has 4 amide bonds. The lowest BCUT2D eigenvalue weighted by Crippen LogP contribution is -2.46. The highest BCUT2D eigenvalue weighted by Crippen LogP contribution is 2.43. The summed E-state index contributed by atoms with van der Waals surface area (Å²) in [5.41, 5.74) is 0.669. The number of aliphatic hydroxyl groups excluding tert-OH is 6. The number of carbonyl (C=O) groups excluding carboxylic acids is 5. The maximum atomic E-state index is 12.4. The van der Waals surface area contributed by atoms with Gasteiger partial charge in [0.25, 0.3) is 23.6 Å². The van der Waals surface area contributed by atoms with Crippen LogP contribution in [0.2, 0.25) is 0 Å². The molecule has 16 rings (SSSR count). The van der Waals surface area contributed by atoms with Crippen LogP contribution in [0.4, 0.5) is 29.1 Å². The number of nitrogens with zero attached hydrogens (tertiary/aromatic N) is 10. The molecule has 640 valence electrons. The number of fused-ring (bicyclic) bond motifs is 2. The molecule has 19 atom stereocenters. The Bertz CT molecular complexity index is 5290. The summed E-state index contributed by atoms with van der Waals surface area (Å²) in [7, 11) is 0. The number of Topliss-reactive ketones (excluding diaryl/α,β-unsaturated/α-hetero) is 1. The minimum Gasteiger partial charge on any atom is -0.394 e. The van der Waals surface area contributed by atoms with E-state index in [0.717, 1.165) is 20.1 Å². The number of benzene rings is 4. The molecule has 42 nitrogen and oxygen atoms in total. The molecular formula is C79H87N15O27. The van der Waals surface area contributed by atoms with Gasteiger partial charge in [0.1, 0.15) is 109 Å². The lowest BCUT2D eigenvalue weighted by Gasteiger charge is -2.28. The highest BCUT2D eigenvalue weighted by molar-refractivity contribution is 6.05. The molecule has 0 aliphatic carbocycles. The van der Waals surface area contributed by atoms with Crippen molar-refractivity contribution < 1.29 is 107 Å². The quantitative estimate of drug-likeness (QED) is 0.0584. The van der Waals surface area contributed by atoms with Crippen LogP contribution in [0.25, 0.3) is 0 Å². The van der Waals surface area contributed by atoms with Gasteiger partial charge in [0.2, 0.25) is 12.0 Å². The lowest BCUT2D eigenvalue weighted by molar-refractivity contribution is -0.189. The number of amides is 4. The molecule has 0 radical (unpaired) electrons. The van der Waals surface area contributed by atoms with Crippen molar-refractivity contribution in [1.82, 2.24) is 47.8 Å². The average molecular weight is 1680 g/mol. The Balaban J connectivity index is 0.000000139. The number of hydrogen-bond donors (Lipinski definition) is 13. The van der Waals surface area contributed by atoms with E-state index in [1.54, 1.807) is 122 Å². The Hall–Kier alpha value is -12.1. The summed E-state index contributed by atoms with van der Waals surface area (Å²) in [5.74, 6) is -1.57. The normalized spacial score (nSPS) is 28.0. The standard InChI is InChI=1S/C19H23N3O4.C17H17N3O6.C17H15N3O6.C17H19N3O6.C9H13N3O5/c1-4-14-12(2)19(3,25)17(26-14)22-11-10-15(21-18(22)24)20-16(23)13-8-6-5-7-9-13;2*21-13-14-11(8-24-9-25-14)26-16(13)20-7-6-12(19-17(20)23)18-15(22)10-4-2-1-3-5-10;1-17(25)13(22)11(9-21)26-15(17)20-8-7-12(19-16(20)24)18-14(23)10-5-3-2-4-6-10;10-5-1-2-12(9(16)11-5)8-7(15)6(14)4(3-13)17-8/h5-12,14,17,25H,4H2,1-3H3,(H,20,21,23,24);1-7,11,13-14,16,21H,8-9H2,(H,18,19,22,23);1-7,11,14,16H,8-9H2,(H,18,19,22,23);2-8,11,13,15,21-22,25H,9H2,1H3,(H,18,19,23,24);1-2,4,6-8,13-15H,3H2,(H2,10,11,16)/t12?,14-,17-,19+;11-,13+,14?,16-;11-,14?,16-;11-,13?,15-,17+;4-,6?,7+,8-/m11111/s1. The molecule has 5 aromatic heterocycles. The Morgan fingerprint density at radius 2 is 0.826 bits per heavy atom. The third kappa shape index (κ3) is 20.2. The average Bonchev–Trinajstić information content (AvgIpc) is 1.62. The fourth-order valence-electron chi connectivity index (χ4n) is 13.7. The molecule has 9 aromatic rings. The molecular weight excluding hydrogens is 1590 g/mol. The van der Waals surface area contributed by atoms with E-state index in [-0.39, 0.29) is 91.4 Å². The molecule has 7 saturated heterocycles. The molecule has 0 spiro atoms. The molecule has 7 aliphatic heterocycles. The zero-order valence-corrected chi connectivity index (χ0v) is 65.0. The Morgan fingerprint density at radius 3 is 1.21 bits per heavy atom. The van der Waals surface area contributed by atoms with E-state index < -0.39 is 151 Å². The maximum absolute atomic E-state index is 12.4. The van der Waals surface area contributed by atoms with Crippen LogP contribution in [-0.4, -0.2) is 236 Å². The van der Waals surface area contributed by atoms with Crippen molar-refractivity contribution in [2.45, 2.75) is 144 Å². The largest absolute Gasteiger partial charge is 0.394 e. The zero-order valence-electron chi connectivity index (χ0n) is 65.0. The van der Waals surface area contributed by atoms with Crippen molar-refractivity contribution in [3.8, 4) is 0 Å². The number of ether oxygens (including phenoxy) is 9. The van der Waals surface area contributed by atoms with E-state index in [4.69, 9.17) is 53.5 Å². The van der Waals surface area contributed by atoms with Crippen LogP contribution in [0.15, 0.2) is 207 Å². The molecule has 5 unspecified atom stereocenters. The minimum absolute atomic E-state index is 0.0145. The SMILES string of the molecule is CC[C@H]1O[C@@H](n2ccc(NC(=O)c3ccccc3)nc2=O)[C@@](C)(O)C1C.C[C@]1(O)C(O)[C@@H](CO)O[C@H]1n1ccc(NC(=O)c2ccccc2)nc1=O.Nc1ccn([C@@H]2O[C@H](CO)C(O)[C@@H]2O)c(=O)n1.O=C(Nc1ccn([C@@H]2O[C@@H]3COCOC3C2=O)c(=O)n1)c1ccccc1.O=C(Nc1ccn([C@@H]2O[C@@H]3COCOC3[C@@H]2O)c(=O)n1)c1ccccc1. The van der Waals surface area contributed by atoms with Crippen molar-refractivity contribution in [1.29, 1.82) is 0 Å². The summed E-state index contributed by atoms with van der Waals surface area (Å²) >= 11 is 0. The summed E-state index contributed by atoms with van der Waals surface area (Å²) in [4.78, 5) is 141. The molecule has 0 saturated carbocycles. The van der Waals surface area contributed by atoms with Crippen LogP contribution < -0.4 is 55.4 Å². The highest BCUT2D eigenvalue weighted by atomic mass is 16.7. The van der Waals surface area contributed by atoms with Crippen molar-refractivity contribution in [3.05, 3.63) is 257 Å². The van der Waals surface area contributed by atoms with Crippen LogP contribution in [0.5, 0.6) is 0 Å². The molecule has 42 heteroatoms. The fraction of sp³-hybridized carbons (Fsp3) is 0.380. The molecule has 7 aliphatic rings. The maximum Gasteiger partial charge on any atom is 0.352 e.